The van der Waals surface area contributed by atoms with E-state index in [2.05, 4.69) is 0 Å². The summed E-state index contributed by atoms with van der Waals surface area (Å²) >= 11 is 0. The Bertz CT molecular complexity index is 535. The van der Waals surface area contributed by atoms with Crippen molar-refractivity contribution in [3.63, 3.8) is 0 Å². The summed E-state index contributed by atoms with van der Waals surface area (Å²) in [5.74, 6) is 0.304. The lowest BCUT2D eigenvalue weighted by molar-refractivity contribution is -0.148. The smallest absolute Gasteiger partial charge is 0.326 e. The highest BCUT2D eigenvalue weighted by atomic mass is 16.5. The van der Waals surface area contributed by atoms with Crippen molar-refractivity contribution in [2.45, 2.75) is 31.7 Å². The van der Waals surface area contributed by atoms with Gasteiger partial charge in [-0.1, -0.05) is 0 Å². The molecule has 0 aromatic heterocycles. The highest BCUT2D eigenvalue weighted by Gasteiger charge is 2.33. The summed E-state index contributed by atoms with van der Waals surface area (Å²) in [5, 5.41) is 9.13. The third kappa shape index (κ3) is 3.69. The van der Waals surface area contributed by atoms with Crippen molar-refractivity contribution in [3.05, 3.63) is 23.8 Å². The van der Waals surface area contributed by atoms with E-state index in [0.29, 0.717) is 30.9 Å². The van der Waals surface area contributed by atoms with E-state index >= 15 is 0 Å². The maximum Gasteiger partial charge on any atom is 0.326 e. The second-order valence-electron chi connectivity index (χ2n) is 5.30. The number of amides is 1. The van der Waals surface area contributed by atoms with Gasteiger partial charge in [-0.25, -0.2) is 4.79 Å². The van der Waals surface area contributed by atoms with Crippen LogP contribution in [0.1, 0.15) is 24.8 Å². The van der Waals surface area contributed by atoms with Crippen LogP contribution in [0.4, 0.5) is 0 Å². The van der Waals surface area contributed by atoms with Gasteiger partial charge in [-0.3, -0.25) is 4.79 Å². The molecule has 1 aliphatic rings. The zero-order valence-electron chi connectivity index (χ0n) is 12.9. The van der Waals surface area contributed by atoms with Crippen LogP contribution in [0.2, 0.25) is 0 Å². The number of benzene rings is 1. The van der Waals surface area contributed by atoms with Gasteiger partial charge in [0.05, 0.1) is 14.2 Å². The van der Waals surface area contributed by atoms with Gasteiger partial charge in [-0.15, -0.1) is 0 Å². The Morgan fingerprint density at radius 3 is 2.41 bits per heavy atom. The van der Waals surface area contributed by atoms with Crippen LogP contribution in [0.15, 0.2) is 18.2 Å². The molecule has 1 aliphatic heterocycles. The molecule has 0 bridgehead atoms. The molecule has 1 atom stereocenters. The molecule has 2 rings (SSSR count). The molecule has 0 spiro atoms. The summed E-state index contributed by atoms with van der Waals surface area (Å²) in [6, 6.07) is 4.81. The molecule has 120 valence electrons. The molecule has 1 N–H and O–H groups in total. The Morgan fingerprint density at radius 2 is 1.86 bits per heavy atom. The molecule has 22 heavy (non-hydrogen) atoms. The SMILES string of the molecule is COc1cc(CCC(=O)N2CCC[C@H]2C(=O)O)cc(OC)c1. The number of ether oxygens (including phenoxy) is 2. The van der Waals surface area contributed by atoms with E-state index in [9.17, 15) is 9.59 Å². The fraction of sp³-hybridized carbons (Fsp3) is 0.500. The van der Waals surface area contributed by atoms with Crippen LogP contribution >= 0.6 is 0 Å². The summed E-state index contributed by atoms with van der Waals surface area (Å²) in [7, 11) is 3.15. The van der Waals surface area contributed by atoms with Gasteiger partial charge in [-0.2, -0.15) is 0 Å². The van der Waals surface area contributed by atoms with E-state index in [1.165, 1.54) is 4.90 Å². The van der Waals surface area contributed by atoms with Gasteiger partial charge in [0.1, 0.15) is 17.5 Å². The Kier molecular flexibility index (Phi) is 5.25. The van der Waals surface area contributed by atoms with E-state index in [-0.39, 0.29) is 12.3 Å². The third-order valence-electron chi connectivity index (χ3n) is 3.90. The molecule has 0 radical (unpaired) electrons. The Balaban J connectivity index is 2.00. The van der Waals surface area contributed by atoms with Crippen LogP contribution in [0.3, 0.4) is 0 Å². The Morgan fingerprint density at radius 1 is 1.23 bits per heavy atom. The van der Waals surface area contributed by atoms with Crippen molar-refractivity contribution >= 4 is 11.9 Å². The van der Waals surface area contributed by atoms with Gasteiger partial charge in [-0.05, 0) is 37.0 Å². The Labute approximate surface area is 129 Å². The topological polar surface area (TPSA) is 76.1 Å². The summed E-state index contributed by atoms with van der Waals surface area (Å²) in [5.41, 5.74) is 0.927. The molecule has 0 aliphatic carbocycles. The van der Waals surface area contributed by atoms with E-state index in [4.69, 9.17) is 14.6 Å². The number of rotatable bonds is 6. The largest absolute Gasteiger partial charge is 0.497 e. The average Bonchev–Trinajstić information content (AvgIpc) is 3.02. The van der Waals surface area contributed by atoms with Crippen LogP contribution in [0.25, 0.3) is 0 Å². The summed E-state index contributed by atoms with van der Waals surface area (Å²) < 4.78 is 10.4. The van der Waals surface area contributed by atoms with E-state index in [1.807, 2.05) is 12.1 Å². The second kappa shape index (κ2) is 7.15. The van der Waals surface area contributed by atoms with Crippen molar-refractivity contribution in [2.24, 2.45) is 0 Å². The van der Waals surface area contributed by atoms with Crippen LogP contribution in [0.5, 0.6) is 11.5 Å². The first kappa shape index (κ1) is 16.1. The lowest BCUT2D eigenvalue weighted by Crippen LogP contribution is -2.40. The van der Waals surface area contributed by atoms with E-state index < -0.39 is 12.0 Å². The minimum atomic E-state index is -0.922. The number of likely N-dealkylation sites (tertiary alicyclic amines) is 1. The maximum absolute atomic E-state index is 12.2. The minimum absolute atomic E-state index is 0.119. The number of carboxylic acids is 1. The number of hydrogen-bond acceptors (Lipinski definition) is 4. The van der Waals surface area contributed by atoms with Gasteiger partial charge in [0.25, 0.3) is 0 Å². The van der Waals surface area contributed by atoms with Crippen molar-refractivity contribution in [1.82, 2.24) is 4.90 Å². The molecule has 1 heterocycles. The number of carbonyl (C=O) groups is 2. The van der Waals surface area contributed by atoms with Gasteiger partial charge < -0.3 is 19.5 Å². The lowest BCUT2D eigenvalue weighted by Gasteiger charge is -2.21. The average molecular weight is 307 g/mol. The van der Waals surface area contributed by atoms with E-state index in [1.54, 1.807) is 20.3 Å². The van der Waals surface area contributed by atoms with E-state index in [0.717, 1.165) is 12.0 Å². The Hall–Kier alpha value is -2.24. The molecule has 0 saturated carbocycles. The predicted molar refractivity (Wildman–Crippen MR) is 80.2 cm³/mol. The van der Waals surface area contributed by atoms with Crippen molar-refractivity contribution < 1.29 is 24.2 Å². The molecule has 1 fully saturated rings. The lowest BCUT2D eigenvalue weighted by atomic mass is 10.1. The first-order valence-corrected chi connectivity index (χ1v) is 7.29. The second-order valence-corrected chi connectivity index (χ2v) is 5.30. The number of aliphatic carboxylic acids is 1. The van der Waals surface area contributed by atoms with Gasteiger partial charge in [0.15, 0.2) is 0 Å². The van der Waals surface area contributed by atoms with Crippen LogP contribution in [-0.4, -0.2) is 48.7 Å². The summed E-state index contributed by atoms with van der Waals surface area (Å²) in [6.45, 7) is 0.525. The first-order chi connectivity index (χ1) is 10.5. The number of nitrogens with zero attached hydrogens (tertiary/aromatic N) is 1. The predicted octanol–water partition coefficient (Wildman–Crippen LogP) is 1.71. The molecule has 6 heteroatoms. The number of carbonyl (C=O) groups excluding carboxylic acids is 1. The number of carboxylic acid groups (broad SMARTS) is 1. The standard InChI is InChI=1S/C16H21NO5/c1-21-12-8-11(9-13(10-12)22-2)5-6-15(18)17-7-3-4-14(17)16(19)20/h8-10,14H,3-7H2,1-2H3,(H,19,20)/t14-/m0/s1. The molecular formula is C16H21NO5. The molecule has 1 amide bonds. The molecule has 1 aromatic carbocycles. The fourth-order valence-electron chi connectivity index (χ4n) is 2.73. The van der Waals surface area contributed by atoms with Crippen LogP contribution < -0.4 is 9.47 Å². The maximum atomic E-state index is 12.2. The van der Waals surface area contributed by atoms with Gasteiger partial charge in [0.2, 0.25) is 5.91 Å². The summed E-state index contributed by atoms with van der Waals surface area (Å²) in [6.07, 6.45) is 2.08. The number of methoxy groups -OCH3 is 2. The van der Waals surface area contributed by atoms with Crippen molar-refractivity contribution in [3.8, 4) is 11.5 Å². The highest BCUT2D eigenvalue weighted by molar-refractivity contribution is 5.84. The zero-order valence-corrected chi connectivity index (χ0v) is 12.9. The third-order valence-corrected chi connectivity index (χ3v) is 3.90. The van der Waals surface area contributed by atoms with Crippen molar-refractivity contribution in [2.75, 3.05) is 20.8 Å². The van der Waals surface area contributed by atoms with Gasteiger partial charge >= 0.3 is 5.97 Å². The first-order valence-electron chi connectivity index (χ1n) is 7.29. The van der Waals surface area contributed by atoms with Crippen LogP contribution in [0, 0.1) is 0 Å². The quantitative estimate of drug-likeness (QED) is 0.866. The molecule has 1 aromatic rings. The number of aryl methyl sites for hydroxylation is 1. The fourth-order valence-corrected chi connectivity index (χ4v) is 2.73. The van der Waals surface area contributed by atoms with Crippen LogP contribution in [-0.2, 0) is 16.0 Å². The number of hydrogen-bond donors (Lipinski definition) is 1. The molecule has 0 unspecified atom stereocenters. The van der Waals surface area contributed by atoms with Gasteiger partial charge in [0, 0.05) is 19.0 Å². The monoisotopic (exact) mass is 307 g/mol. The molecular weight excluding hydrogens is 286 g/mol. The molecule has 1 saturated heterocycles. The zero-order chi connectivity index (χ0) is 16.1. The highest BCUT2D eigenvalue weighted by Crippen LogP contribution is 2.24. The van der Waals surface area contributed by atoms with Crippen molar-refractivity contribution in [1.29, 1.82) is 0 Å². The summed E-state index contributed by atoms with van der Waals surface area (Å²) in [4.78, 5) is 24.8. The minimum Gasteiger partial charge on any atom is -0.497 e. The molecule has 6 nitrogen and oxygen atoms in total. The normalized spacial score (nSPS) is 17.4.